The van der Waals surface area contributed by atoms with E-state index in [9.17, 15) is 4.39 Å². The number of aliphatic imine (C=N–C) groups is 1. The van der Waals surface area contributed by atoms with Crippen molar-refractivity contribution in [3.05, 3.63) is 95.9 Å². The maximum Gasteiger partial charge on any atom is 0.123 e. The molecule has 5 rings (SSSR count). The molecule has 0 aliphatic carbocycles. The Balaban J connectivity index is 1.85. The lowest BCUT2D eigenvalue weighted by Crippen LogP contribution is -1.97. The molecule has 0 amide bonds. The number of benzene rings is 3. The van der Waals surface area contributed by atoms with E-state index in [2.05, 4.69) is 16.7 Å². The van der Waals surface area contributed by atoms with Gasteiger partial charge >= 0.3 is 0 Å². The Morgan fingerprint density at radius 1 is 0.792 bits per heavy atom. The minimum Gasteiger partial charge on any atom is -0.307 e. The van der Waals surface area contributed by atoms with Gasteiger partial charge in [-0.2, -0.15) is 0 Å². The molecule has 0 fully saturated rings. The third kappa shape index (κ3) is 1.85. The fourth-order valence-corrected chi connectivity index (χ4v) is 3.38. The smallest absolute Gasteiger partial charge is 0.123 e. The number of aromatic nitrogens is 1. The van der Waals surface area contributed by atoms with Crippen LogP contribution in [0.25, 0.3) is 16.6 Å². The van der Waals surface area contributed by atoms with Crippen LogP contribution in [0.3, 0.4) is 0 Å². The molecule has 0 N–H and O–H groups in total. The highest BCUT2D eigenvalue weighted by molar-refractivity contribution is 6.20. The molecule has 0 unspecified atom stereocenters. The fourth-order valence-electron chi connectivity index (χ4n) is 3.38. The van der Waals surface area contributed by atoms with Gasteiger partial charge in [0.25, 0.3) is 0 Å². The Morgan fingerprint density at radius 3 is 2.46 bits per heavy atom. The van der Waals surface area contributed by atoms with Crippen LogP contribution in [-0.4, -0.2) is 10.3 Å². The minimum absolute atomic E-state index is 0.221. The third-order valence-corrected chi connectivity index (χ3v) is 4.40. The summed E-state index contributed by atoms with van der Waals surface area (Å²) in [6, 6.07) is 25.0. The van der Waals surface area contributed by atoms with Crippen molar-refractivity contribution in [1.29, 1.82) is 0 Å². The molecule has 24 heavy (non-hydrogen) atoms. The maximum absolute atomic E-state index is 13.6. The van der Waals surface area contributed by atoms with Crippen LogP contribution in [0, 0.1) is 5.82 Å². The summed E-state index contributed by atoms with van der Waals surface area (Å²) < 4.78 is 15.8. The minimum atomic E-state index is -0.221. The van der Waals surface area contributed by atoms with Crippen molar-refractivity contribution in [2.75, 3.05) is 0 Å². The average molecular weight is 312 g/mol. The van der Waals surface area contributed by atoms with Gasteiger partial charge in [0.1, 0.15) is 5.82 Å². The first-order valence-corrected chi connectivity index (χ1v) is 7.86. The highest BCUT2D eigenvalue weighted by atomic mass is 19.1. The van der Waals surface area contributed by atoms with Crippen molar-refractivity contribution in [1.82, 2.24) is 4.57 Å². The summed E-state index contributed by atoms with van der Waals surface area (Å²) >= 11 is 0. The summed E-state index contributed by atoms with van der Waals surface area (Å²) in [5.41, 5.74) is 6.02. The van der Waals surface area contributed by atoms with Crippen LogP contribution >= 0.6 is 0 Å². The number of rotatable bonds is 1. The van der Waals surface area contributed by atoms with Crippen molar-refractivity contribution in [2.45, 2.75) is 0 Å². The monoisotopic (exact) mass is 312 g/mol. The van der Waals surface area contributed by atoms with Crippen LogP contribution in [0.4, 0.5) is 10.1 Å². The van der Waals surface area contributed by atoms with Crippen LogP contribution in [0.15, 0.2) is 83.9 Å². The highest BCUT2D eigenvalue weighted by Crippen LogP contribution is 2.35. The van der Waals surface area contributed by atoms with Gasteiger partial charge in [0, 0.05) is 10.9 Å². The van der Waals surface area contributed by atoms with Gasteiger partial charge in [-0.25, -0.2) is 9.38 Å². The van der Waals surface area contributed by atoms with E-state index < -0.39 is 0 Å². The quantitative estimate of drug-likeness (QED) is 0.402. The predicted octanol–water partition coefficient (Wildman–Crippen LogP) is 5.25. The molecule has 0 saturated carbocycles. The van der Waals surface area contributed by atoms with Crippen molar-refractivity contribution < 1.29 is 4.39 Å². The second kappa shape index (κ2) is 4.90. The topological polar surface area (TPSA) is 17.3 Å². The summed E-state index contributed by atoms with van der Waals surface area (Å²) in [6.45, 7) is 0. The molecule has 0 atom stereocenters. The zero-order valence-corrected chi connectivity index (χ0v) is 12.8. The van der Waals surface area contributed by atoms with Crippen molar-refractivity contribution >= 4 is 22.3 Å². The van der Waals surface area contributed by atoms with E-state index in [0.29, 0.717) is 0 Å². The van der Waals surface area contributed by atoms with E-state index in [1.807, 2.05) is 54.6 Å². The van der Waals surface area contributed by atoms with Gasteiger partial charge in [-0.15, -0.1) is 0 Å². The second-order valence-corrected chi connectivity index (χ2v) is 5.88. The molecule has 1 aliphatic rings. The van der Waals surface area contributed by atoms with Crippen molar-refractivity contribution in [3.8, 4) is 5.69 Å². The second-order valence-electron chi connectivity index (χ2n) is 5.88. The van der Waals surface area contributed by atoms with Gasteiger partial charge in [0.15, 0.2) is 0 Å². The summed E-state index contributed by atoms with van der Waals surface area (Å²) in [4.78, 5) is 4.86. The number of hydrogen-bond donors (Lipinski definition) is 0. The van der Waals surface area contributed by atoms with Crippen LogP contribution in [0.5, 0.6) is 0 Å². The molecule has 1 aliphatic heterocycles. The summed E-state index contributed by atoms with van der Waals surface area (Å²) in [5, 5.41) is 0.889. The number of nitrogens with zero attached hydrogens (tertiary/aromatic N) is 2. The van der Waals surface area contributed by atoms with Crippen LogP contribution < -0.4 is 0 Å². The van der Waals surface area contributed by atoms with E-state index in [1.165, 1.54) is 6.07 Å². The molecule has 0 spiro atoms. The van der Waals surface area contributed by atoms with Gasteiger partial charge < -0.3 is 4.57 Å². The molecule has 0 saturated heterocycles. The van der Waals surface area contributed by atoms with Gasteiger partial charge in [-0.05, 0) is 42.5 Å². The molecular formula is C21H13FN2. The molecule has 2 heterocycles. The number of halogens is 1. The Hall–Kier alpha value is -3.20. The zero-order valence-electron chi connectivity index (χ0n) is 12.8. The largest absolute Gasteiger partial charge is 0.307 e. The summed E-state index contributed by atoms with van der Waals surface area (Å²) in [7, 11) is 0. The lowest BCUT2D eigenvalue weighted by molar-refractivity contribution is 0.629. The van der Waals surface area contributed by atoms with Gasteiger partial charge in [-0.3, -0.25) is 0 Å². The molecule has 114 valence electrons. The van der Waals surface area contributed by atoms with E-state index in [0.717, 1.165) is 39.2 Å². The molecule has 2 nitrogen and oxygen atoms in total. The van der Waals surface area contributed by atoms with Crippen molar-refractivity contribution in [3.63, 3.8) is 0 Å². The van der Waals surface area contributed by atoms with Crippen LogP contribution in [0.2, 0.25) is 0 Å². The first kappa shape index (κ1) is 13.3. The van der Waals surface area contributed by atoms with E-state index in [1.54, 1.807) is 6.07 Å². The molecule has 4 aromatic rings. The standard InChI is InChI=1S/C21H13FN2/c22-15-10-11-18-14(12-15)13-20-21(23-16-6-2-1-3-7-16)17-8-4-5-9-19(17)24(18)20/h1-13H. The normalized spacial score (nSPS) is 14.1. The molecule has 0 bridgehead atoms. The molecule has 0 radical (unpaired) electrons. The van der Waals surface area contributed by atoms with Gasteiger partial charge in [0.2, 0.25) is 0 Å². The lowest BCUT2D eigenvalue weighted by atomic mass is 10.1. The van der Waals surface area contributed by atoms with Crippen molar-refractivity contribution in [2.24, 2.45) is 4.99 Å². The van der Waals surface area contributed by atoms with Crippen LogP contribution in [-0.2, 0) is 0 Å². The molecular weight excluding hydrogens is 299 g/mol. The highest BCUT2D eigenvalue weighted by Gasteiger charge is 2.26. The van der Waals surface area contributed by atoms with E-state index >= 15 is 0 Å². The average Bonchev–Trinajstić information content (AvgIpc) is 3.11. The Morgan fingerprint density at radius 2 is 1.58 bits per heavy atom. The number of fused-ring (bicyclic) bond motifs is 5. The number of hydrogen-bond acceptors (Lipinski definition) is 1. The lowest BCUT2D eigenvalue weighted by Gasteiger charge is -2.03. The fraction of sp³-hybridized carbons (Fsp3) is 0. The summed E-state index contributed by atoms with van der Waals surface area (Å²) in [6.07, 6.45) is 0. The van der Waals surface area contributed by atoms with E-state index in [4.69, 9.17) is 4.99 Å². The van der Waals surface area contributed by atoms with E-state index in [-0.39, 0.29) is 5.82 Å². The van der Waals surface area contributed by atoms with Gasteiger partial charge in [0.05, 0.1) is 28.3 Å². The SMILES string of the molecule is Fc1ccc2c(c1)cc1n2-c2ccccc2C1=Nc1ccccc1. The molecule has 3 aromatic carbocycles. The third-order valence-electron chi connectivity index (χ3n) is 4.40. The Kier molecular flexibility index (Phi) is 2.71. The Labute approximate surface area is 138 Å². The van der Waals surface area contributed by atoms with Gasteiger partial charge in [-0.1, -0.05) is 36.4 Å². The van der Waals surface area contributed by atoms with Crippen LogP contribution in [0.1, 0.15) is 11.3 Å². The first-order valence-electron chi connectivity index (χ1n) is 7.86. The zero-order chi connectivity index (χ0) is 16.1. The number of para-hydroxylation sites is 2. The first-order chi connectivity index (χ1) is 11.8. The summed E-state index contributed by atoms with van der Waals surface area (Å²) in [5.74, 6) is -0.221. The molecule has 1 aromatic heterocycles. The molecule has 3 heteroatoms. The maximum atomic E-state index is 13.6. The predicted molar refractivity (Wildman–Crippen MR) is 95.0 cm³/mol. The Bertz CT molecular complexity index is 1110.